The van der Waals surface area contributed by atoms with Gasteiger partial charge in [-0.05, 0) is 55.6 Å². The molecule has 1 atom stereocenters. The molecule has 2 N–H and O–H groups in total. The van der Waals surface area contributed by atoms with Gasteiger partial charge in [-0.2, -0.15) is 0 Å². The Morgan fingerprint density at radius 1 is 1.00 bits per heavy atom. The lowest BCUT2D eigenvalue weighted by Crippen LogP contribution is -2.44. The zero-order valence-electron chi connectivity index (χ0n) is 18.2. The number of fused-ring (bicyclic) bond motifs is 1. The summed E-state index contributed by atoms with van der Waals surface area (Å²) in [5.41, 5.74) is 8.73. The fourth-order valence-electron chi connectivity index (χ4n) is 4.21. The third-order valence-corrected chi connectivity index (χ3v) is 7.73. The summed E-state index contributed by atoms with van der Waals surface area (Å²) in [6.07, 6.45) is 2.20. The molecule has 0 radical (unpaired) electrons. The van der Waals surface area contributed by atoms with Crippen LogP contribution in [0.25, 0.3) is 0 Å². The lowest BCUT2D eigenvalue weighted by Gasteiger charge is -2.35. The van der Waals surface area contributed by atoms with Crippen molar-refractivity contribution in [2.75, 3.05) is 43.0 Å². The molecule has 1 saturated heterocycles. The lowest BCUT2D eigenvalue weighted by atomic mass is 10.2. The first-order chi connectivity index (χ1) is 15.8. The number of nitrogens with two attached hydrogens (primary N) is 1. The van der Waals surface area contributed by atoms with Crippen LogP contribution in [0.2, 0.25) is 0 Å². The van der Waals surface area contributed by atoms with E-state index in [1.807, 2.05) is 24.3 Å². The van der Waals surface area contributed by atoms with E-state index in [9.17, 15) is 12.8 Å². The number of likely N-dealkylation sites (N-methyl/N-ethyl adjacent to an activating group) is 1. The molecule has 0 spiro atoms. The highest BCUT2D eigenvalue weighted by molar-refractivity contribution is 7.90. The summed E-state index contributed by atoms with van der Waals surface area (Å²) < 4.78 is 41.6. The lowest BCUT2D eigenvalue weighted by molar-refractivity contribution is 0.313. The first-order valence-electron chi connectivity index (χ1n) is 10.7. The molecule has 2 aliphatic heterocycles. The number of aliphatic imine (C=N–C) groups is 1. The molecule has 172 valence electrons. The molecule has 10 heteroatoms. The number of benzene rings is 2. The number of piperazine rings is 1. The predicted octanol–water partition coefficient (Wildman–Crippen LogP) is 2.43. The van der Waals surface area contributed by atoms with Crippen molar-refractivity contribution in [1.82, 2.24) is 8.87 Å². The summed E-state index contributed by atoms with van der Waals surface area (Å²) in [6.45, 7) is 3.90. The quantitative estimate of drug-likeness (QED) is 0.633. The molecule has 1 aromatic heterocycles. The summed E-state index contributed by atoms with van der Waals surface area (Å²) in [4.78, 5) is 10.5. The van der Waals surface area contributed by atoms with Crippen LogP contribution in [0.3, 0.4) is 0 Å². The number of halogens is 1. The first-order valence-corrected chi connectivity index (χ1v) is 12.1. The van der Waals surface area contributed by atoms with Crippen LogP contribution in [0.15, 0.2) is 70.7 Å². The van der Waals surface area contributed by atoms with Crippen molar-refractivity contribution in [2.24, 2.45) is 10.7 Å². The van der Waals surface area contributed by atoms with Gasteiger partial charge in [0.15, 0.2) is 6.29 Å². The fraction of sp³-hybridized carbons (Fsp3) is 0.261. The van der Waals surface area contributed by atoms with Crippen molar-refractivity contribution < 1.29 is 12.8 Å². The Bertz CT molecular complexity index is 1300. The van der Waals surface area contributed by atoms with E-state index in [-0.39, 0.29) is 4.90 Å². The maximum Gasteiger partial charge on any atom is 0.269 e. The Labute approximate surface area is 192 Å². The minimum absolute atomic E-state index is 0.137. The van der Waals surface area contributed by atoms with E-state index in [4.69, 9.17) is 5.73 Å². The highest BCUT2D eigenvalue weighted by atomic mass is 32.2. The Hall–Kier alpha value is -3.21. The van der Waals surface area contributed by atoms with Gasteiger partial charge < -0.3 is 9.80 Å². The molecule has 33 heavy (non-hydrogen) atoms. The van der Waals surface area contributed by atoms with Gasteiger partial charge in [0.1, 0.15) is 11.6 Å². The standard InChI is InChI=1S/C23H25FN6O2S/c1-27-11-13-28(14-12-27)19-5-7-20(8-6-19)30-22-17(16-26-23(30)25)9-10-29(22)33(31,32)21-4-2-3-18(24)15-21/h2-10,15-16,23H,11-14,25H2,1H3. The van der Waals surface area contributed by atoms with Gasteiger partial charge in [0.25, 0.3) is 10.0 Å². The third-order valence-electron chi connectivity index (χ3n) is 6.06. The minimum atomic E-state index is -4.05. The van der Waals surface area contributed by atoms with E-state index in [1.54, 1.807) is 17.2 Å². The van der Waals surface area contributed by atoms with Crippen molar-refractivity contribution in [3.8, 4) is 0 Å². The molecule has 1 fully saturated rings. The molecule has 5 rings (SSSR count). The molecule has 0 amide bonds. The number of rotatable bonds is 4. The van der Waals surface area contributed by atoms with Gasteiger partial charge in [-0.3, -0.25) is 15.6 Å². The van der Waals surface area contributed by atoms with E-state index in [0.29, 0.717) is 17.1 Å². The average Bonchev–Trinajstić information content (AvgIpc) is 3.25. The zero-order chi connectivity index (χ0) is 23.2. The third kappa shape index (κ3) is 3.90. The number of hydrogen-bond acceptors (Lipinski definition) is 7. The van der Waals surface area contributed by atoms with E-state index in [2.05, 4.69) is 21.8 Å². The molecule has 1 unspecified atom stereocenters. The topological polar surface area (TPSA) is 87.2 Å². The second-order valence-electron chi connectivity index (χ2n) is 8.22. The van der Waals surface area contributed by atoms with Gasteiger partial charge in [-0.1, -0.05) is 6.07 Å². The fourth-order valence-corrected chi connectivity index (χ4v) is 5.60. The van der Waals surface area contributed by atoms with Crippen LogP contribution < -0.4 is 15.5 Å². The van der Waals surface area contributed by atoms with Gasteiger partial charge in [-0.25, -0.2) is 16.8 Å². The normalized spacial score (nSPS) is 19.1. The summed E-state index contributed by atoms with van der Waals surface area (Å²) in [6, 6.07) is 14.5. The Morgan fingerprint density at radius 3 is 2.39 bits per heavy atom. The number of aromatic nitrogens is 1. The predicted molar refractivity (Wildman–Crippen MR) is 127 cm³/mol. The highest BCUT2D eigenvalue weighted by Crippen LogP contribution is 2.36. The Morgan fingerprint density at radius 2 is 1.70 bits per heavy atom. The van der Waals surface area contributed by atoms with Crippen LogP contribution in [0.4, 0.5) is 21.6 Å². The second kappa shape index (κ2) is 8.29. The van der Waals surface area contributed by atoms with Crippen LogP contribution in [0.1, 0.15) is 5.56 Å². The smallest absolute Gasteiger partial charge is 0.269 e. The van der Waals surface area contributed by atoms with Gasteiger partial charge in [0.05, 0.1) is 4.90 Å². The van der Waals surface area contributed by atoms with Gasteiger partial charge in [0, 0.05) is 55.5 Å². The van der Waals surface area contributed by atoms with Crippen LogP contribution >= 0.6 is 0 Å². The Balaban J connectivity index is 1.53. The molecule has 8 nitrogen and oxygen atoms in total. The highest BCUT2D eigenvalue weighted by Gasteiger charge is 2.31. The summed E-state index contributed by atoms with van der Waals surface area (Å²) in [7, 11) is -1.94. The molecule has 0 bridgehead atoms. The maximum absolute atomic E-state index is 13.8. The molecule has 2 aliphatic rings. The molecular formula is C23H25FN6O2S. The summed E-state index contributed by atoms with van der Waals surface area (Å²) >= 11 is 0. The summed E-state index contributed by atoms with van der Waals surface area (Å²) in [5.74, 6) is -0.249. The van der Waals surface area contributed by atoms with Crippen LogP contribution in [0.5, 0.6) is 0 Å². The largest absolute Gasteiger partial charge is 0.369 e. The van der Waals surface area contributed by atoms with E-state index in [0.717, 1.165) is 41.9 Å². The molecular weight excluding hydrogens is 443 g/mol. The molecule has 0 aliphatic carbocycles. The average molecular weight is 469 g/mol. The van der Waals surface area contributed by atoms with Crippen LogP contribution in [-0.2, 0) is 10.0 Å². The van der Waals surface area contributed by atoms with Crippen molar-refractivity contribution >= 4 is 33.4 Å². The second-order valence-corrected chi connectivity index (χ2v) is 10.0. The van der Waals surface area contributed by atoms with Crippen molar-refractivity contribution in [1.29, 1.82) is 0 Å². The van der Waals surface area contributed by atoms with E-state index in [1.165, 1.54) is 24.4 Å². The van der Waals surface area contributed by atoms with Crippen LogP contribution in [0, 0.1) is 5.82 Å². The number of nitrogens with zero attached hydrogens (tertiary/aromatic N) is 5. The monoisotopic (exact) mass is 468 g/mol. The minimum Gasteiger partial charge on any atom is -0.369 e. The molecule has 3 heterocycles. The number of anilines is 3. The zero-order valence-corrected chi connectivity index (χ0v) is 19.0. The number of hydrogen-bond donors (Lipinski definition) is 1. The van der Waals surface area contributed by atoms with Crippen molar-refractivity contribution in [3.05, 3.63) is 72.2 Å². The first kappa shape index (κ1) is 21.6. The van der Waals surface area contributed by atoms with E-state index < -0.39 is 22.1 Å². The maximum atomic E-state index is 13.8. The molecule has 0 saturated carbocycles. The molecule has 3 aromatic rings. The van der Waals surface area contributed by atoms with Gasteiger partial charge in [-0.15, -0.1) is 0 Å². The van der Waals surface area contributed by atoms with Crippen molar-refractivity contribution in [3.63, 3.8) is 0 Å². The van der Waals surface area contributed by atoms with Gasteiger partial charge in [0.2, 0.25) is 0 Å². The SMILES string of the molecule is CN1CCN(c2ccc(N3c4c(ccn4S(=O)(=O)c4cccc(F)c4)C=NC3N)cc2)CC1. The van der Waals surface area contributed by atoms with Crippen LogP contribution in [-0.4, -0.2) is 63.0 Å². The van der Waals surface area contributed by atoms with E-state index >= 15 is 0 Å². The van der Waals surface area contributed by atoms with Gasteiger partial charge >= 0.3 is 0 Å². The summed E-state index contributed by atoms with van der Waals surface area (Å²) in [5, 5.41) is 0. The molecule has 2 aromatic carbocycles. The Kier molecular flexibility index (Phi) is 5.43. The van der Waals surface area contributed by atoms with Crippen molar-refractivity contribution in [2.45, 2.75) is 11.2 Å².